The molecule has 1 heterocycles. The Balaban J connectivity index is 2.03. The highest BCUT2D eigenvalue weighted by molar-refractivity contribution is 6.25. The molecule has 0 aliphatic rings. The number of carboxylic acids is 1. The zero-order chi connectivity index (χ0) is 20.5. The number of H-pyrrole nitrogens is 1. The fraction of sp³-hybridized carbons (Fsp3) is 0.368. The van der Waals surface area contributed by atoms with Gasteiger partial charge in [0.05, 0.1) is 0 Å². The Labute approximate surface area is 161 Å². The summed E-state index contributed by atoms with van der Waals surface area (Å²) in [5.41, 5.74) is 10.3. The number of ketones is 1. The number of para-hydroxylation sites is 1. The van der Waals surface area contributed by atoms with Crippen molar-refractivity contribution in [1.82, 2.24) is 15.6 Å². The van der Waals surface area contributed by atoms with E-state index in [1.807, 2.05) is 30.5 Å². The second-order valence-corrected chi connectivity index (χ2v) is 6.51. The van der Waals surface area contributed by atoms with E-state index in [2.05, 4.69) is 20.4 Å². The number of hydrogen-bond acceptors (Lipinski definition) is 4. The maximum absolute atomic E-state index is 11.6. The van der Waals surface area contributed by atoms with Crippen LogP contribution in [0.5, 0.6) is 0 Å². The van der Waals surface area contributed by atoms with Gasteiger partial charge in [-0.3, -0.25) is 14.4 Å². The molecule has 4 N–H and O–H groups in total. The molecule has 0 saturated heterocycles. The molecule has 1 aromatic carbocycles. The highest BCUT2D eigenvalue weighted by Gasteiger charge is 2.21. The summed E-state index contributed by atoms with van der Waals surface area (Å²) < 4.78 is 0. The van der Waals surface area contributed by atoms with Gasteiger partial charge in [-0.2, -0.15) is 4.79 Å². The van der Waals surface area contributed by atoms with Crippen LogP contribution in [0.15, 0.2) is 30.5 Å². The molecule has 0 radical (unpaired) electrons. The lowest BCUT2D eigenvalue weighted by molar-refractivity contribution is -0.139. The number of nitrogens with zero attached hydrogens (tertiary/aromatic N) is 2. The molecule has 0 aliphatic carbocycles. The highest BCUT2D eigenvalue weighted by Crippen LogP contribution is 2.19. The number of amides is 1. The van der Waals surface area contributed by atoms with Gasteiger partial charge < -0.3 is 26.3 Å². The summed E-state index contributed by atoms with van der Waals surface area (Å²) in [7, 11) is 0. The van der Waals surface area contributed by atoms with Gasteiger partial charge in [-0.15, -0.1) is 0 Å². The third-order valence-electron chi connectivity index (χ3n) is 4.34. The Morgan fingerprint density at radius 3 is 2.75 bits per heavy atom. The van der Waals surface area contributed by atoms with Gasteiger partial charge in [0.1, 0.15) is 6.04 Å². The number of nitrogens with one attached hydrogen (secondary N) is 3. The van der Waals surface area contributed by atoms with Crippen molar-refractivity contribution < 1.29 is 24.3 Å². The van der Waals surface area contributed by atoms with E-state index in [9.17, 15) is 19.5 Å². The topological polar surface area (TPSA) is 148 Å². The molecule has 0 bridgehead atoms. The van der Waals surface area contributed by atoms with E-state index in [4.69, 9.17) is 5.53 Å². The first kappa shape index (κ1) is 21.0. The number of carbonyl (C=O) groups excluding carboxylic acids is 2. The molecule has 0 saturated carbocycles. The Kier molecular flexibility index (Phi) is 7.62. The number of carboxylic acid groups (broad SMARTS) is 1. The highest BCUT2D eigenvalue weighted by atomic mass is 16.4. The first-order chi connectivity index (χ1) is 13.4. The fourth-order valence-corrected chi connectivity index (χ4v) is 3.04. The third-order valence-corrected chi connectivity index (χ3v) is 4.34. The average Bonchev–Trinajstić information content (AvgIpc) is 3.04. The van der Waals surface area contributed by atoms with E-state index in [0.29, 0.717) is 6.42 Å². The van der Waals surface area contributed by atoms with Crippen molar-refractivity contribution in [3.63, 3.8) is 0 Å². The van der Waals surface area contributed by atoms with Crippen LogP contribution in [0, 0.1) is 0 Å². The van der Waals surface area contributed by atoms with Crippen molar-refractivity contribution in [2.24, 2.45) is 0 Å². The quantitative estimate of drug-likeness (QED) is 0.258. The van der Waals surface area contributed by atoms with Crippen molar-refractivity contribution in [3.8, 4) is 0 Å². The van der Waals surface area contributed by atoms with Gasteiger partial charge in [-0.05, 0) is 24.5 Å². The molecule has 0 unspecified atom stereocenters. The van der Waals surface area contributed by atoms with Crippen LogP contribution in [0.3, 0.4) is 0 Å². The van der Waals surface area contributed by atoms with Gasteiger partial charge in [0, 0.05) is 43.0 Å². The fourth-order valence-electron chi connectivity index (χ4n) is 3.04. The molecule has 9 nitrogen and oxygen atoms in total. The predicted molar refractivity (Wildman–Crippen MR) is 103 cm³/mol. The number of aliphatic carboxylic acids is 1. The molecule has 148 valence electrons. The van der Waals surface area contributed by atoms with Crippen molar-refractivity contribution in [1.29, 1.82) is 0 Å². The summed E-state index contributed by atoms with van der Waals surface area (Å²) >= 11 is 0. The summed E-state index contributed by atoms with van der Waals surface area (Å²) in [6.07, 6.45) is 3.11. The monoisotopic (exact) mass is 385 g/mol. The van der Waals surface area contributed by atoms with Gasteiger partial charge in [0.25, 0.3) is 0 Å². The molecular formula is C19H23N5O4. The van der Waals surface area contributed by atoms with Gasteiger partial charge in [0.2, 0.25) is 11.7 Å². The number of rotatable bonds is 11. The smallest absolute Gasteiger partial charge is 0.323 e. The van der Waals surface area contributed by atoms with Gasteiger partial charge in [-0.25, -0.2) is 0 Å². The molecule has 0 aliphatic heterocycles. The standard InChI is InChI=1S/C19H23N5O4/c1-12(25)24-14(8-13-9-21-17-5-3-2-4-16(13)17)10-22-18(19(27)28)7-6-15(26)11-23-20/h2-5,9,11,14,18,21-22H,6-8,10H2,1H3,(H,24,25)(H,27,28)/t14-,18+/m1/s1. The molecule has 2 aromatic rings. The van der Waals surface area contributed by atoms with E-state index in [-0.39, 0.29) is 31.3 Å². The van der Waals surface area contributed by atoms with Crippen LogP contribution in [0.25, 0.3) is 16.4 Å². The van der Waals surface area contributed by atoms with Crippen LogP contribution in [-0.2, 0) is 20.8 Å². The summed E-state index contributed by atoms with van der Waals surface area (Å²) in [5.74, 6) is -1.77. The lowest BCUT2D eigenvalue weighted by Crippen LogP contribution is -2.47. The molecule has 2 atom stereocenters. The van der Waals surface area contributed by atoms with E-state index >= 15 is 0 Å². The zero-order valence-corrected chi connectivity index (χ0v) is 15.5. The lowest BCUT2D eigenvalue weighted by atomic mass is 10.0. The second-order valence-electron chi connectivity index (χ2n) is 6.51. The normalized spacial score (nSPS) is 12.8. The summed E-state index contributed by atoms with van der Waals surface area (Å²) in [4.78, 5) is 40.2. The number of carbonyl (C=O) groups is 3. The number of hydrogen-bond donors (Lipinski definition) is 4. The molecule has 2 rings (SSSR count). The largest absolute Gasteiger partial charge is 0.480 e. The van der Waals surface area contributed by atoms with Crippen LogP contribution >= 0.6 is 0 Å². The van der Waals surface area contributed by atoms with Gasteiger partial charge >= 0.3 is 12.2 Å². The van der Waals surface area contributed by atoms with E-state index in [0.717, 1.165) is 22.7 Å². The predicted octanol–water partition coefficient (Wildman–Crippen LogP) is 0.908. The van der Waals surface area contributed by atoms with Gasteiger partial charge in [-0.1, -0.05) is 18.2 Å². The van der Waals surface area contributed by atoms with Crippen molar-refractivity contribution >= 4 is 34.8 Å². The molecule has 9 heteroatoms. The Morgan fingerprint density at radius 2 is 2.07 bits per heavy atom. The molecule has 0 fully saturated rings. The van der Waals surface area contributed by atoms with Crippen LogP contribution in [0.4, 0.5) is 0 Å². The average molecular weight is 385 g/mol. The first-order valence-corrected chi connectivity index (χ1v) is 8.89. The molecule has 1 aromatic heterocycles. The van der Waals surface area contributed by atoms with Crippen LogP contribution in [0.2, 0.25) is 0 Å². The maximum Gasteiger partial charge on any atom is 0.323 e. The van der Waals surface area contributed by atoms with Crippen molar-refractivity contribution in [2.75, 3.05) is 6.54 Å². The Bertz CT molecular complexity index is 901. The van der Waals surface area contributed by atoms with Crippen LogP contribution in [-0.4, -0.2) is 57.4 Å². The van der Waals surface area contributed by atoms with Crippen molar-refractivity contribution in [2.45, 2.75) is 38.3 Å². The summed E-state index contributed by atoms with van der Waals surface area (Å²) in [5, 5.41) is 16.1. The minimum atomic E-state index is -1.09. The Morgan fingerprint density at radius 1 is 1.32 bits per heavy atom. The number of aromatic nitrogens is 1. The molecule has 28 heavy (non-hydrogen) atoms. The van der Waals surface area contributed by atoms with Crippen LogP contribution < -0.4 is 10.6 Å². The van der Waals surface area contributed by atoms with E-state index < -0.39 is 17.8 Å². The SMILES string of the molecule is CC(=O)N[C@@H](CN[C@@H](CCC(=O)C=[N+]=[N-])C(=O)O)Cc1c[nH]c2ccccc12. The molecule has 1 amide bonds. The summed E-state index contributed by atoms with van der Waals surface area (Å²) in [6, 6.07) is 6.50. The number of fused-ring (bicyclic) bond motifs is 1. The van der Waals surface area contributed by atoms with Gasteiger partial charge in [0.15, 0.2) is 0 Å². The number of aromatic amines is 1. The third kappa shape index (κ3) is 6.15. The number of Topliss-reactive ketones (excluding diaryl/α,β-unsaturated/α-hetero) is 1. The minimum Gasteiger partial charge on any atom is -0.480 e. The first-order valence-electron chi connectivity index (χ1n) is 8.89. The zero-order valence-electron chi connectivity index (χ0n) is 15.5. The van der Waals surface area contributed by atoms with E-state index in [1.54, 1.807) is 0 Å². The molecular weight excluding hydrogens is 362 g/mol. The van der Waals surface area contributed by atoms with Crippen LogP contribution in [0.1, 0.15) is 25.3 Å². The summed E-state index contributed by atoms with van der Waals surface area (Å²) in [6.45, 7) is 1.63. The maximum atomic E-state index is 11.6. The second kappa shape index (κ2) is 10.1. The van der Waals surface area contributed by atoms with Crippen molar-refractivity contribution in [3.05, 3.63) is 41.6 Å². The lowest BCUT2D eigenvalue weighted by Gasteiger charge is -2.21. The minimum absolute atomic E-state index is 0.0417. The van der Waals surface area contributed by atoms with E-state index in [1.165, 1.54) is 6.92 Å². The number of benzene rings is 1. The Hall–Kier alpha value is -3.29. The molecule has 0 spiro atoms.